The Morgan fingerprint density at radius 3 is 2.41 bits per heavy atom. The molecule has 3 nitrogen and oxygen atoms in total. The molecule has 1 aromatic rings. The number of pyridine rings is 1. The molecule has 1 rings (SSSR count). The molecule has 0 N–H and O–H groups in total. The van der Waals surface area contributed by atoms with Gasteiger partial charge in [0.2, 0.25) is 0 Å². The molecule has 0 fully saturated rings. The van der Waals surface area contributed by atoms with E-state index in [1.54, 1.807) is 6.20 Å². The number of halogens is 1. The molecule has 0 radical (unpaired) electrons. The summed E-state index contributed by atoms with van der Waals surface area (Å²) < 4.78 is 0. The van der Waals surface area contributed by atoms with Crippen molar-refractivity contribution in [2.45, 2.75) is 13.8 Å². The quantitative estimate of drug-likeness (QED) is 0.779. The maximum Gasteiger partial charge on any atom is 0.128 e. The van der Waals surface area contributed by atoms with E-state index in [-0.39, 0.29) is 0 Å². The van der Waals surface area contributed by atoms with Crippen molar-refractivity contribution in [2.75, 3.05) is 38.6 Å². The van der Waals surface area contributed by atoms with Gasteiger partial charge in [0, 0.05) is 25.8 Å². The zero-order valence-electron chi connectivity index (χ0n) is 11.2. The molecule has 0 saturated carbocycles. The van der Waals surface area contributed by atoms with Gasteiger partial charge in [0.05, 0.1) is 5.02 Å². The molecule has 0 aromatic carbocycles. The van der Waals surface area contributed by atoms with Gasteiger partial charge < -0.3 is 9.80 Å². The van der Waals surface area contributed by atoms with E-state index in [1.807, 2.05) is 12.1 Å². The molecule has 0 bridgehead atoms. The first-order chi connectivity index (χ1) is 7.99. The van der Waals surface area contributed by atoms with E-state index in [0.717, 1.165) is 25.5 Å². The Morgan fingerprint density at radius 2 is 1.94 bits per heavy atom. The van der Waals surface area contributed by atoms with Crippen LogP contribution in [-0.4, -0.2) is 43.6 Å². The smallest absolute Gasteiger partial charge is 0.128 e. The summed E-state index contributed by atoms with van der Waals surface area (Å²) >= 11 is 5.86. The Labute approximate surface area is 109 Å². The topological polar surface area (TPSA) is 19.4 Å². The number of hydrogen-bond acceptors (Lipinski definition) is 3. The number of hydrogen-bond donors (Lipinski definition) is 0. The van der Waals surface area contributed by atoms with E-state index in [1.165, 1.54) is 0 Å². The molecule has 1 aromatic heterocycles. The Morgan fingerprint density at radius 1 is 1.24 bits per heavy atom. The highest BCUT2D eigenvalue weighted by Gasteiger charge is 2.09. The van der Waals surface area contributed by atoms with Crippen LogP contribution >= 0.6 is 11.6 Å². The minimum atomic E-state index is 0.620. The first kappa shape index (κ1) is 14.3. The second kappa shape index (κ2) is 6.82. The molecule has 4 heteroatoms. The van der Waals surface area contributed by atoms with Gasteiger partial charge in [-0.3, -0.25) is 0 Å². The summed E-state index contributed by atoms with van der Waals surface area (Å²) in [5.74, 6) is 1.62. The second-order valence-corrected chi connectivity index (χ2v) is 5.41. The Balaban J connectivity index is 2.70. The molecular weight excluding hydrogens is 234 g/mol. The highest BCUT2D eigenvalue weighted by molar-refractivity contribution is 6.30. The third kappa shape index (κ3) is 5.37. The van der Waals surface area contributed by atoms with E-state index in [9.17, 15) is 0 Å². The van der Waals surface area contributed by atoms with Crippen LogP contribution in [0.4, 0.5) is 5.82 Å². The largest absolute Gasteiger partial charge is 0.355 e. The summed E-state index contributed by atoms with van der Waals surface area (Å²) in [6.45, 7) is 7.47. The van der Waals surface area contributed by atoms with E-state index in [4.69, 9.17) is 11.6 Å². The summed E-state index contributed by atoms with van der Waals surface area (Å²) in [7, 11) is 4.17. The van der Waals surface area contributed by atoms with Gasteiger partial charge in [0.25, 0.3) is 0 Å². The van der Waals surface area contributed by atoms with Crippen LogP contribution in [0.2, 0.25) is 5.02 Å². The van der Waals surface area contributed by atoms with Crippen LogP contribution in [0, 0.1) is 5.92 Å². The highest BCUT2D eigenvalue weighted by atomic mass is 35.5. The van der Waals surface area contributed by atoms with Crippen LogP contribution in [0.15, 0.2) is 18.3 Å². The number of anilines is 1. The summed E-state index contributed by atoms with van der Waals surface area (Å²) in [6.07, 6.45) is 1.71. The molecule has 96 valence electrons. The number of rotatable bonds is 6. The van der Waals surface area contributed by atoms with Gasteiger partial charge in [-0.15, -0.1) is 0 Å². The van der Waals surface area contributed by atoms with Crippen LogP contribution in [0.5, 0.6) is 0 Å². The summed E-state index contributed by atoms with van der Waals surface area (Å²) in [4.78, 5) is 8.88. The van der Waals surface area contributed by atoms with E-state index < -0.39 is 0 Å². The molecule has 0 saturated heterocycles. The standard InChI is InChI=1S/C13H22ClN3/c1-11(2)10-17(8-7-16(3)4)13-6-5-12(14)9-15-13/h5-6,9,11H,7-8,10H2,1-4H3. The van der Waals surface area contributed by atoms with Crippen LogP contribution in [-0.2, 0) is 0 Å². The predicted octanol–water partition coefficient (Wildman–Crippen LogP) is 2.76. The number of nitrogens with zero attached hydrogens (tertiary/aromatic N) is 3. The Hall–Kier alpha value is -0.800. The summed E-state index contributed by atoms with van der Waals surface area (Å²) in [6, 6.07) is 3.88. The average molecular weight is 256 g/mol. The lowest BCUT2D eigenvalue weighted by Gasteiger charge is -2.27. The maximum absolute atomic E-state index is 5.86. The highest BCUT2D eigenvalue weighted by Crippen LogP contribution is 2.15. The fourth-order valence-corrected chi connectivity index (χ4v) is 1.73. The van der Waals surface area contributed by atoms with Crippen molar-refractivity contribution in [3.05, 3.63) is 23.4 Å². The van der Waals surface area contributed by atoms with Gasteiger partial charge in [0.15, 0.2) is 0 Å². The van der Waals surface area contributed by atoms with Crippen molar-refractivity contribution in [3.63, 3.8) is 0 Å². The lowest BCUT2D eigenvalue weighted by Crippen LogP contribution is -2.34. The minimum absolute atomic E-state index is 0.620. The lowest BCUT2D eigenvalue weighted by molar-refractivity contribution is 0.408. The zero-order valence-corrected chi connectivity index (χ0v) is 11.9. The van der Waals surface area contributed by atoms with Crippen LogP contribution in [0.25, 0.3) is 0 Å². The molecule has 0 unspecified atom stereocenters. The fraction of sp³-hybridized carbons (Fsp3) is 0.615. The van der Waals surface area contributed by atoms with E-state index >= 15 is 0 Å². The third-order valence-electron chi connectivity index (χ3n) is 2.44. The molecule has 0 atom stereocenters. The molecule has 0 aliphatic rings. The Bertz CT molecular complexity index is 322. The molecule has 17 heavy (non-hydrogen) atoms. The van der Waals surface area contributed by atoms with Gasteiger partial charge >= 0.3 is 0 Å². The number of likely N-dealkylation sites (N-methyl/N-ethyl adjacent to an activating group) is 1. The minimum Gasteiger partial charge on any atom is -0.355 e. The van der Waals surface area contributed by atoms with Crippen molar-refractivity contribution >= 4 is 17.4 Å². The van der Waals surface area contributed by atoms with Crippen LogP contribution < -0.4 is 4.90 Å². The fourth-order valence-electron chi connectivity index (χ4n) is 1.62. The van der Waals surface area contributed by atoms with Crippen molar-refractivity contribution in [1.82, 2.24) is 9.88 Å². The molecular formula is C13H22ClN3. The van der Waals surface area contributed by atoms with Crippen molar-refractivity contribution < 1.29 is 0 Å². The SMILES string of the molecule is CC(C)CN(CCN(C)C)c1ccc(Cl)cn1. The molecule has 0 spiro atoms. The van der Waals surface area contributed by atoms with E-state index in [0.29, 0.717) is 10.9 Å². The lowest BCUT2D eigenvalue weighted by atomic mass is 10.2. The van der Waals surface area contributed by atoms with Gasteiger partial charge in [-0.05, 0) is 32.1 Å². The third-order valence-corrected chi connectivity index (χ3v) is 2.66. The summed E-state index contributed by atoms with van der Waals surface area (Å²) in [5.41, 5.74) is 0. The molecule has 0 aliphatic heterocycles. The molecule has 0 aliphatic carbocycles. The van der Waals surface area contributed by atoms with Gasteiger partial charge in [0.1, 0.15) is 5.82 Å². The van der Waals surface area contributed by atoms with Gasteiger partial charge in [-0.2, -0.15) is 0 Å². The average Bonchev–Trinajstić information content (AvgIpc) is 2.25. The zero-order chi connectivity index (χ0) is 12.8. The normalized spacial score (nSPS) is 11.2. The number of aromatic nitrogens is 1. The van der Waals surface area contributed by atoms with Crippen molar-refractivity contribution in [1.29, 1.82) is 0 Å². The monoisotopic (exact) mass is 255 g/mol. The van der Waals surface area contributed by atoms with Crippen molar-refractivity contribution in [2.24, 2.45) is 5.92 Å². The first-order valence-corrected chi connectivity index (χ1v) is 6.38. The van der Waals surface area contributed by atoms with E-state index in [2.05, 4.69) is 42.7 Å². The Kier molecular flexibility index (Phi) is 5.72. The van der Waals surface area contributed by atoms with Crippen molar-refractivity contribution in [3.8, 4) is 0 Å². The predicted molar refractivity (Wildman–Crippen MR) is 74.9 cm³/mol. The molecule has 1 heterocycles. The maximum atomic E-state index is 5.86. The van der Waals surface area contributed by atoms with Gasteiger partial charge in [-0.1, -0.05) is 25.4 Å². The van der Waals surface area contributed by atoms with Crippen LogP contribution in [0.3, 0.4) is 0 Å². The second-order valence-electron chi connectivity index (χ2n) is 4.98. The molecule has 0 amide bonds. The van der Waals surface area contributed by atoms with Crippen LogP contribution in [0.1, 0.15) is 13.8 Å². The first-order valence-electron chi connectivity index (χ1n) is 6.00. The van der Waals surface area contributed by atoms with Gasteiger partial charge in [-0.25, -0.2) is 4.98 Å². The summed E-state index contributed by atoms with van der Waals surface area (Å²) in [5, 5.41) is 0.686.